The Morgan fingerprint density at radius 3 is 0.737 bits per heavy atom. The van der Waals surface area contributed by atoms with Gasteiger partial charge >= 0.3 is 0 Å². The molecule has 0 aromatic carbocycles. The number of likely N-dealkylation sites (tertiary alicyclic amines) is 3. The van der Waals surface area contributed by atoms with Crippen LogP contribution in [0.2, 0.25) is 0 Å². The first-order chi connectivity index (χ1) is 16.7. The molecule has 4 aliphatic rings. The zero-order chi connectivity index (χ0) is 26.1. The fraction of sp³-hybridized carbons (Fsp3) is 1.00. The summed E-state index contributed by atoms with van der Waals surface area (Å²) in [5, 5.41) is 0. The molecule has 0 spiro atoms. The Morgan fingerprint density at radius 1 is 0.342 bits per heavy atom. The molecule has 38 heavy (non-hydrogen) atoms. The van der Waals surface area contributed by atoms with Gasteiger partial charge in [-0.1, -0.05) is 35.1 Å². The predicted molar refractivity (Wildman–Crippen MR) is 175 cm³/mol. The minimum absolute atomic E-state index is 0. The third-order valence-electron chi connectivity index (χ3n) is 7.89. The number of rotatable bonds is 4. The minimum atomic E-state index is 0. The Balaban J connectivity index is -0.000000419. The van der Waals surface area contributed by atoms with Gasteiger partial charge in [0.1, 0.15) is 0 Å². The molecule has 4 rings (SSSR count). The van der Waals surface area contributed by atoms with Crippen LogP contribution in [0, 0.1) is 0 Å². The molecule has 0 radical (unpaired) electrons. The van der Waals surface area contributed by atoms with Crippen molar-refractivity contribution >= 4 is 0 Å². The standard InChI is InChI=1S/2C8H17N.C7H15NO.C7H15N.3CH4/c2*1-8(2)9-6-4-3-5-7-9;1-7(2)8-3-5-9-6-4-8;1-7(2)8-5-3-4-6-8;;;/h2*8H,3-7H2,1-2H3;7H,3-6H2,1-2H3;7H,3-6H2,1-2H3;3*1H4. The molecule has 0 N–H and O–H groups in total. The molecule has 4 aliphatic heterocycles. The van der Waals surface area contributed by atoms with E-state index in [1.807, 2.05) is 0 Å². The zero-order valence-electron chi connectivity index (χ0n) is 25.2. The highest BCUT2D eigenvalue weighted by Gasteiger charge is 2.14. The van der Waals surface area contributed by atoms with Crippen LogP contribution in [0.25, 0.3) is 0 Å². The van der Waals surface area contributed by atoms with Crippen LogP contribution in [0.3, 0.4) is 0 Å². The summed E-state index contributed by atoms with van der Waals surface area (Å²) in [4.78, 5) is 10.1. The zero-order valence-corrected chi connectivity index (χ0v) is 25.2. The van der Waals surface area contributed by atoms with Gasteiger partial charge in [-0.2, -0.15) is 0 Å². The number of piperidine rings is 2. The van der Waals surface area contributed by atoms with Gasteiger partial charge in [0.25, 0.3) is 0 Å². The van der Waals surface area contributed by atoms with Gasteiger partial charge < -0.3 is 19.4 Å². The molecule has 0 unspecified atom stereocenters. The summed E-state index contributed by atoms with van der Waals surface area (Å²) in [6, 6.07) is 3.00. The van der Waals surface area contributed by atoms with Crippen LogP contribution >= 0.6 is 0 Å². The normalized spacial score (nSPS) is 21.2. The third-order valence-corrected chi connectivity index (χ3v) is 7.89. The Bertz CT molecular complexity index is 407. The number of hydrogen-bond acceptors (Lipinski definition) is 5. The van der Waals surface area contributed by atoms with Crippen molar-refractivity contribution in [2.24, 2.45) is 0 Å². The first kappa shape index (κ1) is 42.3. The van der Waals surface area contributed by atoms with Gasteiger partial charge in [0, 0.05) is 37.3 Å². The number of morpholine rings is 1. The van der Waals surface area contributed by atoms with E-state index in [2.05, 4.69) is 75.0 Å². The molecule has 0 atom stereocenters. The molecule has 0 bridgehead atoms. The van der Waals surface area contributed by atoms with Crippen molar-refractivity contribution in [3.05, 3.63) is 0 Å². The van der Waals surface area contributed by atoms with Crippen LogP contribution < -0.4 is 0 Å². The van der Waals surface area contributed by atoms with Crippen molar-refractivity contribution in [3.8, 4) is 0 Å². The molecular weight excluding hydrogens is 468 g/mol. The molecule has 0 saturated carbocycles. The van der Waals surface area contributed by atoms with Crippen LogP contribution in [0.4, 0.5) is 0 Å². The molecule has 4 saturated heterocycles. The Kier molecular flexibility index (Phi) is 28.6. The summed E-state index contributed by atoms with van der Waals surface area (Å²) in [5.41, 5.74) is 0. The predicted octanol–water partition coefficient (Wildman–Crippen LogP) is 7.89. The fourth-order valence-electron chi connectivity index (χ4n) is 5.22. The van der Waals surface area contributed by atoms with E-state index in [-0.39, 0.29) is 22.3 Å². The maximum absolute atomic E-state index is 5.21. The largest absolute Gasteiger partial charge is 0.379 e. The van der Waals surface area contributed by atoms with Crippen LogP contribution in [0.15, 0.2) is 0 Å². The van der Waals surface area contributed by atoms with Crippen LogP contribution in [-0.2, 0) is 4.74 Å². The topological polar surface area (TPSA) is 22.2 Å². The van der Waals surface area contributed by atoms with Crippen molar-refractivity contribution in [2.75, 3.05) is 65.6 Å². The van der Waals surface area contributed by atoms with Gasteiger partial charge in [0.2, 0.25) is 0 Å². The summed E-state index contributed by atoms with van der Waals surface area (Å²) in [6.45, 7) is 30.2. The fourth-order valence-corrected chi connectivity index (χ4v) is 5.22. The number of nitrogens with zero attached hydrogens (tertiary/aromatic N) is 4. The first-order valence-corrected chi connectivity index (χ1v) is 15.3. The number of hydrogen-bond donors (Lipinski definition) is 0. The van der Waals surface area contributed by atoms with Crippen LogP contribution in [-0.4, -0.2) is 109 Å². The van der Waals surface area contributed by atoms with E-state index in [0.717, 1.165) is 44.4 Å². The van der Waals surface area contributed by atoms with Gasteiger partial charge in [0.15, 0.2) is 0 Å². The van der Waals surface area contributed by atoms with Gasteiger partial charge in [-0.25, -0.2) is 0 Å². The van der Waals surface area contributed by atoms with Crippen molar-refractivity contribution in [1.82, 2.24) is 19.6 Å². The lowest BCUT2D eigenvalue weighted by atomic mass is 10.1. The highest BCUT2D eigenvalue weighted by atomic mass is 16.5. The second kappa shape index (κ2) is 25.7. The molecule has 5 nitrogen and oxygen atoms in total. The van der Waals surface area contributed by atoms with E-state index >= 15 is 0 Å². The van der Waals surface area contributed by atoms with Crippen LogP contribution in [0.1, 0.15) is 129 Å². The quantitative estimate of drug-likeness (QED) is 0.358. The summed E-state index contributed by atoms with van der Waals surface area (Å²) >= 11 is 0. The van der Waals surface area contributed by atoms with Crippen molar-refractivity contribution in [2.45, 2.75) is 153 Å². The second-order valence-corrected chi connectivity index (χ2v) is 12.0. The summed E-state index contributed by atoms with van der Waals surface area (Å²) < 4.78 is 5.21. The maximum atomic E-state index is 5.21. The van der Waals surface area contributed by atoms with E-state index in [9.17, 15) is 0 Å². The molecule has 4 heterocycles. The van der Waals surface area contributed by atoms with Crippen molar-refractivity contribution in [3.63, 3.8) is 0 Å². The Hall–Kier alpha value is -0.200. The average molecular weight is 545 g/mol. The summed E-state index contributed by atoms with van der Waals surface area (Å²) in [6.07, 6.45) is 11.4. The van der Waals surface area contributed by atoms with E-state index in [4.69, 9.17) is 4.74 Å². The van der Waals surface area contributed by atoms with Gasteiger partial charge in [-0.15, -0.1) is 0 Å². The average Bonchev–Trinajstić information content (AvgIpc) is 3.43. The monoisotopic (exact) mass is 545 g/mol. The SMILES string of the molecule is C.C.C.CC(C)N1CCCC1.CC(C)N1CCCCC1.CC(C)N1CCCCC1.CC(C)N1CCOCC1. The lowest BCUT2D eigenvalue weighted by Gasteiger charge is -2.29. The Morgan fingerprint density at radius 2 is 0.553 bits per heavy atom. The smallest absolute Gasteiger partial charge is 0.0594 e. The minimum Gasteiger partial charge on any atom is -0.379 e. The summed E-state index contributed by atoms with van der Waals surface area (Å²) in [7, 11) is 0. The van der Waals surface area contributed by atoms with Gasteiger partial charge in [0.05, 0.1) is 13.2 Å². The maximum Gasteiger partial charge on any atom is 0.0594 e. The molecule has 0 aromatic rings. The molecule has 234 valence electrons. The highest BCUT2D eigenvalue weighted by Crippen LogP contribution is 2.12. The molecule has 4 fully saturated rings. The molecule has 5 heteroatoms. The molecule has 0 aliphatic carbocycles. The molecule has 0 amide bonds. The van der Waals surface area contributed by atoms with Crippen LogP contribution in [0.5, 0.6) is 0 Å². The van der Waals surface area contributed by atoms with E-state index in [1.54, 1.807) is 0 Å². The van der Waals surface area contributed by atoms with Gasteiger partial charge in [-0.05, 0) is 133 Å². The van der Waals surface area contributed by atoms with E-state index < -0.39 is 0 Å². The van der Waals surface area contributed by atoms with Gasteiger partial charge in [-0.3, -0.25) is 4.90 Å². The highest BCUT2D eigenvalue weighted by molar-refractivity contribution is 4.69. The van der Waals surface area contributed by atoms with Crippen molar-refractivity contribution in [1.29, 1.82) is 0 Å². The Labute approximate surface area is 243 Å². The van der Waals surface area contributed by atoms with E-state index in [1.165, 1.54) is 90.6 Å². The molecule has 0 aromatic heterocycles. The van der Waals surface area contributed by atoms with E-state index in [0.29, 0.717) is 6.04 Å². The first-order valence-electron chi connectivity index (χ1n) is 15.3. The number of ether oxygens (including phenoxy) is 1. The lowest BCUT2D eigenvalue weighted by Crippen LogP contribution is -2.40. The third kappa shape index (κ3) is 19.8. The molecular formula is C33H76N4O. The van der Waals surface area contributed by atoms with Crippen molar-refractivity contribution < 1.29 is 4.74 Å². The summed E-state index contributed by atoms with van der Waals surface area (Å²) in [5.74, 6) is 0. The second-order valence-electron chi connectivity index (χ2n) is 12.0. The lowest BCUT2D eigenvalue weighted by molar-refractivity contribution is 0.0238.